The number of rotatable bonds is 4. The lowest BCUT2D eigenvalue weighted by atomic mass is 9.95. The number of fused-ring (bicyclic) bond motifs is 2. The molecule has 31 heavy (non-hydrogen) atoms. The molecule has 1 aromatic carbocycles. The van der Waals surface area contributed by atoms with Gasteiger partial charge in [0, 0.05) is 40.4 Å². The number of aromatic nitrogens is 1. The Kier molecular flexibility index (Phi) is 5.58. The SMILES string of the molecule is CC(=O)NC1Nc2ccc(-c3cnc4scc(C(=O)NC5CCCCC5)c4c3)cc2S1. The lowest BCUT2D eigenvalue weighted by molar-refractivity contribution is -0.119. The summed E-state index contributed by atoms with van der Waals surface area (Å²) < 4.78 is 0. The number of anilines is 1. The van der Waals surface area contributed by atoms with E-state index in [0.29, 0.717) is 5.56 Å². The second-order valence-electron chi connectivity index (χ2n) is 8.09. The van der Waals surface area contributed by atoms with Gasteiger partial charge in [-0.3, -0.25) is 9.59 Å². The van der Waals surface area contributed by atoms with E-state index in [1.807, 2.05) is 23.7 Å². The number of hydrogen-bond donors (Lipinski definition) is 3. The minimum atomic E-state index is -0.157. The zero-order valence-electron chi connectivity index (χ0n) is 17.2. The first-order valence-corrected chi connectivity index (χ1v) is 12.4. The minimum Gasteiger partial charge on any atom is -0.356 e. The van der Waals surface area contributed by atoms with E-state index in [-0.39, 0.29) is 23.4 Å². The number of nitrogens with one attached hydrogen (secondary N) is 3. The third-order valence-corrected chi connectivity index (χ3v) is 7.76. The van der Waals surface area contributed by atoms with E-state index >= 15 is 0 Å². The molecule has 1 atom stereocenters. The fourth-order valence-corrected chi connectivity index (χ4v) is 6.21. The molecule has 1 aliphatic heterocycles. The molecule has 2 aliphatic rings. The van der Waals surface area contributed by atoms with Crippen molar-refractivity contribution in [2.45, 2.75) is 55.5 Å². The Balaban J connectivity index is 1.40. The quantitative estimate of drug-likeness (QED) is 0.521. The summed E-state index contributed by atoms with van der Waals surface area (Å²) in [4.78, 5) is 30.9. The molecule has 5 rings (SSSR count). The number of amides is 2. The Bertz CT molecular complexity index is 1150. The number of benzene rings is 1. The summed E-state index contributed by atoms with van der Waals surface area (Å²) in [5, 5.41) is 12.2. The first-order chi connectivity index (χ1) is 15.1. The average Bonchev–Trinajstić information content (AvgIpc) is 3.36. The molecule has 0 spiro atoms. The van der Waals surface area contributed by atoms with Crippen LogP contribution < -0.4 is 16.0 Å². The van der Waals surface area contributed by atoms with E-state index in [1.165, 1.54) is 37.5 Å². The van der Waals surface area contributed by atoms with E-state index in [4.69, 9.17) is 0 Å². The van der Waals surface area contributed by atoms with Gasteiger partial charge in [-0.05, 0) is 36.6 Å². The molecule has 1 unspecified atom stereocenters. The molecule has 1 saturated carbocycles. The smallest absolute Gasteiger partial charge is 0.253 e. The molecule has 1 aliphatic carbocycles. The van der Waals surface area contributed by atoms with Crippen LogP contribution in [0.3, 0.4) is 0 Å². The second-order valence-corrected chi connectivity index (χ2v) is 10.1. The van der Waals surface area contributed by atoms with Crippen molar-refractivity contribution in [1.82, 2.24) is 15.6 Å². The topological polar surface area (TPSA) is 83.1 Å². The summed E-state index contributed by atoms with van der Waals surface area (Å²) in [5.74, 6) is -0.0619. The van der Waals surface area contributed by atoms with E-state index < -0.39 is 0 Å². The molecule has 2 amide bonds. The average molecular weight is 453 g/mol. The molecule has 2 aromatic heterocycles. The lowest BCUT2D eigenvalue weighted by Crippen LogP contribution is -2.36. The van der Waals surface area contributed by atoms with Crippen LogP contribution in [0.4, 0.5) is 5.69 Å². The predicted octanol–water partition coefficient (Wildman–Crippen LogP) is 4.96. The lowest BCUT2D eigenvalue weighted by Gasteiger charge is -2.22. The Labute approximate surface area is 189 Å². The Morgan fingerprint density at radius 1 is 1.10 bits per heavy atom. The van der Waals surface area contributed by atoms with Gasteiger partial charge in [0.1, 0.15) is 4.83 Å². The van der Waals surface area contributed by atoms with Crippen LogP contribution in [-0.2, 0) is 4.79 Å². The maximum atomic E-state index is 12.9. The zero-order chi connectivity index (χ0) is 21.4. The second kappa shape index (κ2) is 8.51. The highest BCUT2D eigenvalue weighted by molar-refractivity contribution is 8.00. The number of thiophene rings is 1. The summed E-state index contributed by atoms with van der Waals surface area (Å²) in [7, 11) is 0. The number of carbonyl (C=O) groups is 2. The molecule has 3 heterocycles. The first kappa shape index (κ1) is 20.3. The van der Waals surface area contributed by atoms with Gasteiger partial charge in [-0.25, -0.2) is 4.98 Å². The number of hydrogen-bond acceptors (Lipinski definition) is 6. The van der Waals surface area contributed by atoms with Crippen molar-refractivity contribution < 1.29 is 9.59 Å². The van der Waals surface area contributed by atoms with E-state index in [1.54, 1.807) is 11.8 Å². The van der Waals surface area contributed by atoms with Crippen LogP contribution in [0.2, 0.25) is 0 Å². The third-order valence-electron chi connectivity index (χ3n) is 5.80. The van der Waals surface area contributed by atoms with Gasteiger partial charge in [-0.2, -0.15) is 0 Å². The van der Waals surface area contributed by atoms with Crippen molar-refractivity contribution in [1.29, 1.82) is 0 Å². The number of nitrogens with zero attached hydrogens (tertiary/aromatic N) is 1. The predicted molar refractivity (Wildman–Crippen MR) is 126 cm³/mol. The molecule has 1 fully saturated rings. The normalized spacial score (nSPS) is 18.4. The van der Waals surface area contributed by atoms with Gasteiger partial charge >= 0.3 is 0 Å². The summed E-state index contributed by atoms with van der Waals surface area (Å²) in [6.45, 7) is 1.51. The van der Waals surface area contributed by atoms with Crippen molar-refractivity contribution in [3.8, 4) is 11.1 Å². The summed E-state index contributed by atoms with van der Waals surface area (Å²) >= 11 is 3.09. The largest absolute Gasteiger partial charge is 0.356 e. The van der Waals surface area contributed by atoms with Crippen LogP contribution >= 0.6 is 23.1 Å². The van der Waals surface area contributed by atoms with Crippen molar-refractivity contribution in [2.24, 2.45) is 0 Å². The molecule has 6 nitrogen and oxygen atoms in total. The van der Waals surface area contributed by atoms with Gasteiger partial charge in [0.2, 0.25) is 5.91 Å². The Morgan fingerprint density at radius 2 is 1.94 bits per heavy atom. The highest BCUT2D eigenvalue weighted by atomic mass is 32.2. The van der Waals surface area contributed by atoms with Crippen molar-refractivity contribution in [3.05, 3.63) is 41.4 Å². The molecule has 3 N–H and O–H groups in total. The molecule has 0 radical (unpaired) electrons. The van der Waals surface area contributed by atoms with Gasteiger partial charge in [0.25, 0.3) is 5.91 Å². The summed E-state index contributed by atoms with van der Waals surface area (Å²) in [6, 6.07) is 8.51. The van der Waals surface area contributed by atoms with Crippen LogP contribution in [0, 0.1) is 0 Å². The highest BCUT2D eigenvalue weighted by Crippen LogP contribution is 2.40. The van der Waals surface area contributed by atoms with Crippen molar-refractivity contribution >= 4 is 50.8 Å². The van der Waals surface area contributed by atoms with E-state index in [0.717, 1.165) is 44.8 Å². The fraction of sp³-hybridized carbons (Fsp3) is 0.348. The molecule has 0 bridgehead atoms. The molecule has 0 saturated heterocycles. The Morgan fingerprint density at radius 3 is 2.74 bits per heavy atom. The molecule has 160 valence electrons. The first-order valence-electron chi connectivity index (χ1n) is 10.6. The molecule has 8 heteroatoms. The van der Waals surface area contributed by atoms with Gasteiger partial charge in [0.15, 0.2) is 5.50 Å². The van der Waals surface area contributed by atoms with Crippen LogP contribution in [0.15, 0.2) is 40.7 Å². The van der Waals surface area contributed by atoms with Crippen molar-refractivity contribution in [2.75, 3.05) is 5.32 Å². The van der Waals surface area contributed by atoms with Gasteiger partial charge in [0.05, 0.1) is 11.3 Å². The number of carbonyl (C=O) groups excluding carboxylic acids is 2. The van der Waals surface area contributed by atoms with Gasteiger partial charge < -0.3 is 16.0 Å². The fourth-order valence-electron chi connectivity index (χ4n) is 4.23. The third kappa shape index (κ3) is 4.27. The van der Waals surface area contributed by atoms with Crippen LogP contribution in [0.25, 0.3) is 21.3 Å². The van der Waals surface area contributed by atoms with E-state index in [2.05, 4.69) is 33.1 Å². The molecular formula is C23H24N4O2S2. The summed E-state index contributed by atoms with van der Waals surface area (Å²) in [5.41, 5.74) is 3.57. The van der Waals surface area contributed by atoms with Crippen LogP contribution in [0.5, 0.6) is 0 Å². The van der Waals surface area contributed by atoms with Gasteiger partial charge in [-0.15, -0.1) is 11.3 Å². The molecular weight excluding hydrogens is 428 g/mol. The maximum absolute atomic E-state index is 12.9. The Hall–Kier alpha value is -2.58. The van der Waals surface area contributed by atoms with Crippen LogP contribution in [0.1, 0.15) is 49.4 Å². The summed E-state index contributed by atoms with van der Waals surface area (Å²) in [6.07, 6.45) is 7.64. The minimum absolute atomic E-state index is 0.00366. The maximum Gasteiger partial charge on any atom is 0.253 e. The standard InChI is InChI=1S/C23H24N4O2S2/c1-13(28)25-23-27-19-8-7-14(10-20(19)31-23)15-9-17-18(12-30-22(17)24-11-15)21(29)26-16-5-3-2-4-6-16/h7-12,16,23,27H,2-6H2,1H3,(H,25,28)(H,26,29). The van der Waals surface area contributed by atoms with Crippen molar-refractivity contribution in [3.63, 3.8) is 0 Å². The zero-order valence-corrected chi connectivity index (χ0v) is 18.9. The van der Waals surface area contributed by atoms with Gasteiger partial charge in [-0.1, -0.05) is 37.1 Å². The number of pyridine rings is 1. The monoisotopic (exact) mass is 452 g/mol. The van der Waals surface area contributed by atoms with Crippen LogP contribution in [-0.4, -0.2) is 28.3 Å². The number of thioether (sulfide) groups is 1. The highest BCUT2D eigenvalue weighted by Gasteiger charge is 2.23. The molecule has 3 aromatic rings. The van der Waals surface area contributed by atoms with E-state index in [9.17, 15) is 9.59 Å².